The van der Waals surface area contributed by atoms with Crippen LogP contribution in [-0.2, 0) is 9.53 Å². The molecule has 1 aliphatic heterocycles. The minimum absolute atomic E-state index is 0.0586. The van der Waals surface area contributed by atoms with Crippen LogP contribution in [0, 0.1) is 12.8 Å². The molecule has 10 nitrogen and oxygen atoms in total. The summed E-state index contributed by atoms with van der Waals surface area (Å²) in [5, 5.41) is 25.5. The molecule has 2 atom stereocenters. The van der Waals surface area contributed by atoms with Gasteiger partial charge in [0.1, 0.15) is 0 Å². The Kier molecular flexibility index (Phi) is 8.17. The van der Waals surface area contributed by atoms with Gasteiger partial charge < -0.3 is 30.5 Å². The molecule has 0 saturated carbocycles. The number of Topliss-reactive ketones (excluding diaryl/α,β-unsaturated/α-hetero) is 1. The molecule has 2 heterocycles. The zero-order valence-corrected chi connectivity index (χ0v) is 19.6. The number of ketones is 1. The maximum absolute atomic E-state index is 13.1. The molecule has 1 aliphatic rings. The zero-order valence-electron chi connectivity index (χ0n) is 19.6. The van der Waals surface area contributed by atoms with Crippen molar-refractivity contribution in [3.63, 3.8) is 0 Å². The topological polar surface area (TPSA) is 144 Å². The Morgan fingerprint density at radius 1 is 1.06 bits per heavy atom. The van der Waals surface area contributed by atoms with Crippen molar-refractivity contribution in [2.75, 3.05) is 26.3 Å². The molecule has 3 rings (SSSR count). The molecule has 34 heavy (non-hydrogen) atoms. The highest BCUT2D eigenvalue weighted by Gasteiger charge is 2.32. The average Bonchev–Trinajstić information content (AvgIpc) is 3.08. The average molecular weight is 473 g/mol. The Labute approximate surface area is 198 Å². The first-order chi connectivity index (χ1) is 16.2. The Bertz CT molecular complexity index is 1010. The van der Waals surface area contributed by atoms with Crippen molar-refractivity contribution >= 4 is 17.7 Å². The van der Waals surface area contributed by atoms with Crippen LogP contribution in [0.25, 0.3) is 0 Å². The number of aromatic amines is 1. The van der Waals surface area contributed by atoms with Crippen LogP contribution in [0.5, 0.6) is 11.8 Å². The summed E-state index contributed by atoms with van der Waals surface area (Å²) < 4.78 is 5.29. The fraction of sp³-hybridized carbons (Fsp3) is 0.458. The summed E-state index contributed by atoms with van der Waals surface area (Å²) in [7, 11) is 0. The normalized spacial score (nSPS) is 15.6. The molecule has 5 N–H and O–H groups in total. The predicted octanol–water partition coefficient (Wildman–Crippen LogP) is 2.23. The first-order valence-electron chi connectivity index (χ1n) is 11.3. The van der Waals surface area contributed by atoms with E-state index in [0.29, 0.717) is 26.3 Å². The van der Waals surface area contributed by atoms with Crippen LogP contribution in [0.4, 0.5) is 4.79 Å². The second-order valence-electron chi connectivity index (χ2n) is 8.69. The van der Waals surface area contributed by atoms with Crippen molar-refractivity contribution in [2.45, 2.75) is 39.3 Å². The lowest BCUT2D eigenvalue weighted by atomic mass is 9.93. The van der Waals surface area contributed by atoms with E-state index >= 15 is 0 Å². The number of rotatable bonds is 8. The summed E-state index contributed by atoms with van der Waals surface area (Å²) in [6.45, 7) is 6.91. The van der Waals surface area contributed by atoms with E-state index in [1.807, 2.05) is 30.3 Å². The minimum atomic E-state index is -0.932. The number of benzene rings is 1. The fourth-order valence-corrected chi connectivity index (χ4v) is 3.92. The van der Waals surface area contributed by atoms with E-state index in [1.165, 1.54) is 6.92 Å². The van der Waals surface area contributed by atoms with Gasteiger partial charge in [-0.15, -0.1) is 0 Å². The molecule has 2 aromatic rings. The van der Waals surface area contributed by atoms with E-state index in [-0.39, 0.29) is 35.4 Å². The summed E-state index contributed by atoms with van der Waals surface area (Å²) in [6.07, 6.45) is -0.0834. The molecule has 0 spiro atoms. The van der Waals surface area contributed by atoms with Crippen molar-refractivity contribution in [1.29, 1.82) is 0 Å². The van der Waals surface area contributed by atoms with Crippen LogP contribution >= 0.6 is 0 Å². The van der Waals surface area contributed by atoms with E-state index in [0.717, 1.165) is 5.56 Å². The Hall–Kier alpha value is -3.53. The van der Waals surface area contributed by atoms with Crippen molar-refractivity contribution < 1.29 is 29.3 Å². The quantitative estimate of drug-likeness (QED) is 0.373. The molecule has 1 aromatic carbocycles. The number of amides is 3. The standard InChI is InChI=1S/C24H32N4O6/c1-14(2)20(21(30)19-15(3)22(31)27-23(19)32)26-18(29)13-17(16-7-5-4-6-8-16)25-24(33)28-9-11-34-12-10-28/h4-8,14,17,20,27,31-32H,9-13H2,1-3H3,(H,25,33)(H,26,29)/t17-,20-/m0/s1. The summed E-state index contributed by atoms with van der Waals surface area (Å²) in [4.78, 5) is 42.9. The van der Waals surface area contributed by atoms with Gasteiger partial charge >= 0.3 is 6.03 Å². The largest absolute Gasteiger partial charge is 0.494 e. The molecular formula is C24H32N4O6. The van der Waals surface area contributed by atoms with E-state index < -0.39 is 29.7 Å². The zero-order chi connectivity index (χ0) is 24.8. The number of hydrogen-bond donors (Lipinski definition) is 5. The van der Waals surface area contributed by atoms with E-state index in [1.54, 1.807) is 18.7 Å². The lowest BCUT2D eigenvalue weighted by Crippen LogP contribution is -2.49. The molecule has 1 fully saturated rings. The molecule has 0 unspecified atom stereocenters. The van der Waals surface area contributed by atoms with Gasteiger partial charge in [-0.2, -0.15) is 0 Å². The van der Waals surface area contributed by atoms with Gasteiger partial charge in [0.15, 0.2) is 11.7 Å². The van der Waals surface area contributed by atoms with Crippen molar-refractivity contribution in [2.24, 2.45) is 5.92 Å². The van der Waals surface area contributed by atoms with E-state index in [4.69, 9.17) is 4.74 Å². The first kappa shape index (κ1) is 25.1. The van der Waals surface area contributed by atoms with Gasteiger partial charge in [0.05, 0.1) is 37.3 Å². The molecule has 3 amide bonds. The number of nitrogens with one attached hydrogen (secondary N) is 3. The van der Waals surface area contributed by atoms with Crippen LogP contribution in [0.2, 0.25) is 0 Å². The maximum Gasteiger partial charge on any atom is 0.318 e. The van der Waals surface area contributed by atoms with Crippen molar-refractivity contribution in [1.82, 2.24) is 20.5 Å². The highest BCUT2D eigenvalue weighted by Crippen LogP contribution is 2.30. The highest BCUT2D eigenvalue weighted by molar-refractivity contribution is 6.05. The number of aromatic nitrogens is 1. The van der Waals surface area contributed by atoms with Gasteiger partial charge in [-0.3, -0.25) is 14.6 Å². The lowest BCUT2D eigenvalue weighted by molar-refractivity contribution is -0.122. The Balaban J connectivity index is 1.75. The molecule has 0 radical (unpaired) electrons. The van der Waals surface area contributed by atoms with Crippen LogP contribution in [0.3, 0.4) is 0 Å². The molecular weight excluding hydrogens is 440 g/mol. The minimum Gasteiger partial charge on any atom is -0.494 e. The Morgan fingerprint density at radius 2 is 1.71 bits per heavy atom. The molecule has 0 bridgehead atoms. The smallest absolute Gasteiger partial charge is 0.318 e. The summed E-state index contributed by atoms with van der Waals surface area (Å²) >= 11 is 0. The molecule has 10 heteroatoms. The number of ether oxygens (including phenoxy) is 1. The van der Waals surface area contributed by atoms with Crippen molar-refractivity contribution in [3.05, 3.63) is 47.0 Å². The predicted molar refractivity (Wildman–Crippen MR) is 125 cm³/mol. The number of carbonyl (C=O) groups excluding carboxylic acids is 3. The molecule has 0 aliphatic carbocycles. The van der Waals surface area contributed by atoms with Crippen LogP contribution in [0.15, 0.2) is 30.3 Å². The summed E-state index contributed by atoms with van der Waals surface area (Å²) in [6, 6.07) is 7.32. The number of hydrogen-bond acceptors (Lipinski definition) is 6. The third-order valence-corrected chi connectivity index (χ3v) is 5.90. The number of H-pyrrole nitrogens is 1. The van der Waals surface area contributed by atoms with Gasteiger partial charge in [0.2, 0.25) is 11.8 Å². The molecule has 184 valence electrons. The summed E-state index contributed by atoms with van der Waals surface area (Å²) in [5.74, 6) is -1.97. The van der Waals surface area contributed by atoms with Gasteiger partial charge in [-0.1, -0.05) is 44.2 Å². The lowest BCUT2D eigenvalue weighted by Gasteiger charge is -2.30. The van der Waals surface area contributed by atoms with Gasteiger partial charge in [0.25, 0.3) is 0 Å². The second-order valence-corrected chi connectivity index (χ2v) is 8.69. The van der Waals surface area contributed by atoms with Gasteiger partial charge in [-0.25, -0.2) is 4.79 Å². The number of morpholine rings is 1. The maximum atomic E-state index is 13.1. The SMILES string of the molecule is Cc1c(O)[nH]c(O)c1C(=O)[C@@H](NC(=O)C[C@H](NC(=O)N1CCOCC1)c1ccccc1)C(C)C. The number of aromatic hydroxyl groups is 2. The second kappa shape index (κ2) is 11.1. The summed E-state index contributed by atoms with van der Waals surface area (Å²) in [5.41, 5.74) is 0.912. The van der Waals surface area contributed by atoms with Crippen LogP contribution < -0.4 is 10.6 Å². The van der Waals surface area contributed by atoms with Crippen LogP contribution in [0.1, 0.15) is 47.8 Å². The highest BCUT2D eigenvalue weighted by atomic mass is 16.5. The fourth-order valence-electron chi connectivity index (χ4n) is 3.92. The first-order valence-corrected chi connectivity index (χ1v) is 11.3. The van der Waals surface area contributed by atoms with Crippen LogP contribution in [-0.4, -0.2) is 70.2 Å². The number of nitrogens with zero attached hydrogens (tertiary/aromatic N) is 1. The monoisotopic (exact) mass is 472 g/mol. The molecule has 1 aromatic heterocycles. The van der Waals surface area contributed by atoms with E-state index in [9.17, 15) is 24.6 Å². The Morgan fingerprint density at radius 3 is 2.26 bits per heavy atom. The molecule has 1 saturated heterocycles. The van der Waals surface area contributed by atoms with Crippen molar-refractivity contribution in [3.8, 4) is 11.8 Å². The van der Waals surface area contributed by atoms with Gasteiger partial charge in [-0.05, 0) is 18.4 Å². The third-order valence-electron chi connectivity index (χ3n) is 5.90. The number of carbonyl (C=O) groups is 3. The number of urea groups is 1. The van der Waals surface area contributed by atoms with E-state index in [2.05, 4.69) is 15.6 Å². The third kappa shape index (κ3) is 5.88. The van der Waals surface area contributed by atoms with Gasteiger partial charge in [0, 0.05) is 18.7 Å².